The first-order chi connectivity index (χ1) is 16.9. The lowest BCUT2D eigenvalue weighted by atomic mass is 9.51. The highest BCUT2D eigenvalue weighted by molar-refractivity contribution is 5.89. The molecule has 5 nitrogen and oxygen atoms in total. The van der Waals surface area contributed by atoms with Crippen molar-refractivity contribution in [1.29, 1.82) is 0 Å². The molecule has 4 aliphatic rings. The number of phenolic OH excluding ortho intramolecular Hbond substituents is 1. The molecule has 2 aliphatic carbocycles. The molecule has 2 aromatic carbocycles. The molecule has 3 unspecified atom stereocenters. The third-order valence-corrected chi connectivity index (χ3v) is 9.79. The second-order valence-corrected chi connectivity index (χ2v) is 11.0. The van der Waals surface area contributed by atoms with Crippen molar-refractivity contribution in [3.63, 3.8) is 0 Å². The number of Topliss-reactive ketones (excluding diaryl/α,β-unsaturated/α-hetero) is 1. The van der Waals surface area contributed by atoms with Crippen molar-refractivity contribution in [3.05, 3.63) is 71.3 Å². The van der Waals surface area contributed by atoms with E-state index >= 15 is 0 Å². The van der Waals surface area contributed by atoms with Gasteiger partial charge >= 0.3 is 0 Å². The Labute approximate surface area is 207 Å². The Hall–Kier alpha value is -2.63. The summed E-state index contributed by atoms with van der Waals surface area (Å²) < 4.78 is 12.6. The zero-order chi connectivity index (χ0) is 24.5. The minimum atomic E-state index is -0.638. The molecule has 1 N–H and O–H groups in total. The van der Waals surface area contributed by atoms with Crippen molar-refractivity contribution in [1.82, 2.24) is 4.90 Å². The molecule has 0 amide bonds. The average molecular weight is 474 g/mol. The normalized spacial score (nSPS) is 31.3. The minimum absolute atomic E-state index is 0.141. The number of piperidine rings is 1. The van der Waals surface area contributed by atoms with E-state index in [1.54, 1.807) is 7.11 Å². The zero-order valence-electron chi connectivity index (χ0n) is 20.9. The minimum Gasteiger partial charge on any atom is -0.504 e. The quantitative estimate of drug-likeness (QED) is 0.608. The van der Waals surface area contributed by atoms with Crippen LogP contribution in [0, 0.1) is 5.92 Å². The van der Waals surface area contributed by atoms with Gasteiger partial charge < -0.3 is 14.6 Å². The monoisotopic (exact) mass is 473 g/mol. The summed E-state index contributed by atoms with van der Waals surface area (Å²) in [6, 6.07) is 12.7. The number of carbonyl (C=O) groups excluding carboxylic acids is 1. The maximum Gasteiger partial charge on any atom is 0.174 e. The standard InChI is InChI=1S/C30H35NO4/c1-5-14-31-15-13-30-22-11-12-24(32)28(30)35-27-25(30)19(17-23(22)31)16-21(26(27)33)18(2)29(3,34-4)20-9-7-6-8-10-20/h5-10,16,18,22-23,28,33H,1,11-15,17H2,2-4H3/t18?,22-,23+,28?,29?,30-/m0/s1. The van der Waals surface area contributed by atoms with E-state index in [9.17, 15) is 9.90 Å². The van der Waals surface area contributed by atoms with Gasteiger partial charge in [-0.05, 0) is 49.8 Å². The lowest BCUT2D eigenvalue weighted by Gasteiger charge is -2.57. The number of rotatable bonds is 6. The molecular formula is C30H35NO4. The summed E-state index contributed by atoms with van der Waals surface area (Å²) in [5, 5.41) is 11.7. The van der Waals surface area contributed by atoms with E-state index < -0.39 is 11.7 Å². The van der Waals surface area contributed by atoms with Crippen LogP contribution in [0.15, 0.2) is 49.1 Å². The zero-order valence-corrected chi connectivity index (χ0v) is 20.9. The molecule has 2 fully saturated rings. The number of ketones is 1. The van der Waals surface area contributed by atoms with Gasteiger partial charge in [0.2, 0.25) is 0 Å². The van der Waals surface area contributed by atoms with E-state index in [1.807, 2.05) is 24.3 Å². The Morgan fingerprint density at radius 1 is 1.37 bits per heavy atom. The van der Waals surface area contributed by atoms with Crippen molar-refractivity contribution < 1.29 is 19.4 Å². The van der Waals surface area contributed by atoms with Crippen LogP contribution in [0.5, 0.6) is 11.5 Å². The highest BCUT2D eigenvalue weighted by atomic mass is 16.5. The average Bonchev–Trinajstić information content (AvgIpc) is 3.23. The summed E-state index contributed by atoms with van der Waals surface area (Å²) in [4.78, 5) is 15.7. The molecule has 0 radical (unpaired) electrons. The van der Waals surface area contributed by atoms with Gasteiger partial charge in [0.15, 0.2) is 23.4 Å². The fraction of sp³-hybridized carbons (Fsp3) is 0.500. The highest BCUT2D eigenvalue weighted by Gasteiger charge is 2.66. The van der Waals surface area contributed by atoms with Crippen LogP contribution in [0.4, 0.5) is 0 Å². The van der Waals surface area contributed by atoms with Crippen molar-refractivity contribution in [3.8, 4) is 11.5 Å². The van der Waals surface area contributed by atoms with Crippen molar-refractivity contribution in [2.75, 3.05) is 20.2 Å². The maximum absolute atomic E-state index is 13.2. The van der Waals surface area contributed by atoms with Crippen molar-refractivity contribution in [2.24, 2.45) is 5.92 Å². The van der Waals surface area contributed by atoms with Gasteiger partial charge in [-0.25, -0.2) is 0 Å². The number of hydrogen-bond donors (Lipinski definition) is 1. The molecule has 1 spiro atoms. The lowest BCUT2D eigenvalue weighted by molar-refractivity contribution is -0.138. The van der Waals surface area contributed by atoms with Crippen molar-refractivity contribution >= 4 is 5.78 Å². The van der Waals surface area contributed by atoms with Gasteiger partial charge in [0.1, 0.15) is 0 Å². The third-order valence-electron chi connectivity index (χ3n) is 9.79. The van der Waals surface area contributed by atoms with Crippen LogP contribution in [0.1, 0.15) is 61.3 Å². The third kappa shape index (κ3) is 2.91. The topological polar surface area (TPSA) is 59.0 Å². The summed E-state index contributed by atoms with van der Waals surface area (Å²) >= 11 is 0. The first kappa shape index (κ1) is 22.8. The van der Waals surface area contributed by atoms with E-state index in [4.69, 9.17) is 9.47 Å². The van der Waals surface area contributed by atoms with Crippen LogP contribution in [-0.2, 0) is 27.0 Å². The fourth-order valence-corrected chi connectivity index (χ4v) is 7.84. The molecule has 5 heteroatoms. The molecule has 184 valence electrons. The van der Waals surface area contributed by atoms with E-state index in [1.165, 1.54) is 5.56 Å². The smallest absolute Gasteiger partial charge is 0.174 e. The number of benzene rings is 2. The number of carbonyl (C=O) groups is 1. The Bertz CT molecular complexity index is 1190. The van der Waals surface area contributed by atoms with Crippen LogP contribution in [-0.4, -0.2) is 48.1 Å². The molecule has 1 saturated carbocycles. The van der Waals surface area contributed by atoms with Crippen LogP contribution < -0.4 is 4.74 Å². The van der Waals surface area contributed by atoms with Gasteiger partial charge in [0, 0.05) is 48.6 Å². The molecule has 0 aromatic heterocycles. The number of likely N-dealkylation sites (tertiary alicyclic amines) is 1. The van der Waals surface area contributed by atoms with Gasteiger partial charge in [-0.2, -0.15) is 0 Å². The Morgan fingerprint density at radius 2 is 2.14 bits per heavy atom. The van der Waals surface area contributed by atoms with Crippen molar-refractivity contribution in [2.45, 2.75) is 68.6 Å². The fourth-order valence-electron chi connectivity index (χ4n) is 7.84. The number of aromatic hydroxyl groups is 1. The van der Waals surface area contributed by atoms with Gasteiger partial charge in [0.25, 0.3) is 0 Å². The van der Waals surface area contributed by atoms with E-state index in [-0.39, 0.29) is 22.9 Å². The Balaban J connectivity index is 1.52. The van der Waals surface area contributed by atoms with Gasteiger partial charge in [0.05, 0.1) is 5.60 Å². The number of methoxy groups -OCH3 is 1. The molecule has 2 bridgehead atoms. The predicted molar refractivity (Wildman–Crippen MR) is 135 cm³/mol. The molecule has 6 atom stereocenters. The van der Waals surface area contributed by atoms with E-state index in [2.05, 4.69) is 43.5 Å². The van der Waals surface area contributed by atoms with Crippen LogP contribution in [0.2, 0.25) is 0 Å². The van der Waals surface area contributed by atoms with Crippen LogP contribution in [0.3, 0.4) is 0 Å². The number of hydrogen-bond acceptors (Lipinski definition) is 5. The van der Waals surface area contributed by atoms with E-state index in [0.29, 0.717) is 24.1 Å². The summed E-state index contributed by atoms with van der Waals surface area (Å²) in [6.07, 6.45) is 4.74. The molecule has 6 rings (SSSR count). The van der Waals surface area contributed by atoms with Gasteiger partial charge in [-0.1, -0.05) is 49.4 Å². The van der Waals surface area contributed by atoms with Crippen LogP contribution >= 0.6 is 0 Å². The molecule has 2 heterocycles. The maximum atomic E-state index is 13.2. The summed E-state index contributed by atoms with van der Waals surface area (Å²) in [5.41, 5.74) is 3.26. The number of phenols is 1. The van der Waals surface area contributed by atoms with E-state index in [0.717, 1.165) is 49.0 Å². The largest absolute Gasteiger partial charge is 0.504 e. The Morgan fingerprint density at radius 3 is 2.86 bits per heavy atom. The Kier molecular flexibility index (Phi) is 5.17. The first-order valence-corrected chi connectivity index (χ1v) is 12.9. The molecule has 35 heavy (non-hydrogen) atoms. The number of ether oxygens (including phenoxy) is 2. The van der Waals surface area contributed by atoms with Crippen LogP contribution in [0.25, 0.3) is 0 Å². The molecule has 2 aromatic rings. The SMILES string of the molecule is C=CCN1CC[C@]23c4c5cc(C(C)C(C)(OC)c6ccccc6)c(O)c4OC2C(=O)CC[C@H]3[C@H]1C5. The highest BCUT2D eigenvalue weighted by Crippen LogP contribution is 2.64. The first-order valence-electron chi connectivity index (χ1n) is 12.9. The molecular weight excluding hydrogens is 438 g/mol. The molecule has 1 saturated heterocycles. The summed E-state index contributed by atoms with van der Waals surface area (Å²) in [7, 11) is 1.72. The van der Waals surface area contributed by atoms with Gasteiger partial charge in [-0.15, -0.1) is 6.58 Å². The summed E-state index contributed by atoms with van der Waals surface area (Å²) in [6.45, 7) is 9.95. The molecule has 2 aliphatic heterocycles. The number of nitrogens with zero attached hydrogens (tertiary/aromatic N) is 1. The second kappa shape index (κ2) is 7.94. The second-order valence-electron chi connectivity index (χ2n) is 11.0. The summed E-state index contributed by atoms with van der Waals surface area (Å²) in [5.74, 6) is 1.14. The lowest BCUT2D eigenvalue weighted by Crippen LogP contribution is -2.66. The van der Waals surface area contributed by atoms with Gasteiger partial charge in [-0.3, -0.25) is 9.69 Å². The predicted octanol–water partition coefficient (Wildman–Crippen LogP) is 4.85.